The molecule has 0 fully saturated rings. The Labute approximate surface area is 155 Å². The third kappa shape index (κ3) is 4.95. The van der Waals surface area contributed by atoms with Crippen LogP contribution in [0.25, 0.3) is 24.3 Å². The third-order valence-corrected chi connectivity index (χ3v) is 4.20. The molecule has 0 aliphatic rings. The fourth-order valence-corrected chi connectivity index (χ4v) is 2.58. The SMILES string of the molecule is COc1ccc(/C=C/c2ccc(/C=C/c3ccc(CN)cc3)cc2)cc1. The van der Waals surface area contributed by atoms with Crippen LogP contribution in [-0.4, -0.2) is 7.11 Å². The van der Waals surface area contributed by atoms with Crippen molar-refractivity contribution < 1.29 is 4.74 Å². The lowest BCUT2D eigenvalue weighted by Gasteiger charge is -2.00. The van der Waals surface area contributed by atoms with Gasteiger partial charge in [-0.15, -0.1) is 0 Å². The molecule has 0 aliphatic carbocycles. The number of ether oxygens (including phenoxy) is 1. The van der Waals surface area contributed by atoms with Crippen LogP contribution < -0.4 is 10.5 Å². The van der Waals surface area contributed by atoms with E-state index in [1.165, 1.54) is 16.7 Å². The van der Waals surface area contributed by atoms with E-state index in [1.54, 1.807) is 7.11 Å². The van der Waals surface area contributed by atoms with E-state index >= 15 is 0 Å². The predicted octanol–water partition coefficient (Wildman–Crippen LogP) is 5.49. The second kappa shape index (κ2) is 8.84. The molecule has 2 nitrogen and oxygen atoms in total. The molecule has 2 N–H and O–H groups in total. The molecule has 2 heteroatoms. The molecule has 3 rings (SSSR count). The van der Waals surface area contributed by atoms with Gasteiger partial charge in [0.05, 0.1) is 7.11 Å². The van der Waals surface area contributed by atoms with Crippen molar-refractivity contribution in [1.82, 2.24) is 0 Å². The summed E-state index contributed by atoms with van der Waals surface area (Å²) in [6.45, 7) is 0.579. The zero-order valence-electron chi connectivity index (χ0n) is 14.9. The first-order valence-corrected chi connectivity index (χ1v) is 8.66. The molecular weight excluding hydrogens is 318 g/mol. The number of nitrogens with two attached hydrogens (primary N) is 1. The Bertz CT molecular complexity index is 797. The first kappa shape index (κ1) is 17.7. The minimum Gasteiger partial charge on any atom is -0.497 e. The zero-order chi connectivity index (χ0) is 18.2. The topological polar surface area (TPSA) is 35.2 Å². The highest BCUT2D eigenvalue weighted by atomic mass is 16.5. The summed E-state index contributed by atoms with van der Waals surface area (Å²) < 4.78 is 5.18. The monoisotopic (exact) mass is 341 g/mol. The average molecular weight is 341 g/mol. The van der Waals surface area contributed by atoms with Crippen LogP contribution in [0.3, 0.4) is 0 Å². The lowest BCUT2D eigenvalue weighted by atomic mass is 10.1. The Morgan fingerprint density at radius 2 is 0.962 bits per heavy atom. The highest BCUT2D eigenvalue weighted by Crippen LogP contribution is 2.15. The molecule has 0 aliphatic heterocycles. The fourth-order valence-electron chi connectivity index (χ4n) is 2.58. The van der Waals surface area contributed by atoms with Gasteiger partial charge in [-0.25, -0.2) is 0 Å². The Hall–Kier alpha value is -3.10. The van der Waals surface area contributed by atoms with Crippen LogP contribution in [0.5, 0.6) is 5.75 Å². The average Bonchev–Trinajstić information content (AvgIpc) is 2.72. The van der Waals surface area contributed by atoms with Crippen molar-refractivity contribution in [3.8, 4) is 5.75 Å². The molecule has 0 bridgehead atoms. The van der Waals surface area contributed by atoms with Gasteiger partial charge in [-0.2, -0.15) is 0 Å². The molecule has 130 valence electrons. The standard InChI is InChI=1S/C24H23NO/c1-26-24-16-14-22(15-17-24)9-8-20-4-2-19(3-5-20)6-7-21-10-12-23(18-25)13-11-21/h2-17H,18,25H2,1H3/b7-6+,9-8+. The molecule has 0 heterocycles. The summed E-state index contributed by atoms with van der Waals surface area (Å²) in [6, 6.07) is 24.8. The maximum absolute atomic E-state index is 5.62. The second-order valence-corrected chi connectivity index (χ2v) is 6.05. The molecule has 3 aromatic rings. The first-order valence-electron chi connectivity index (χ1n) is 8.66. The quantitative estimate of drug-likeness (QED) is 0.601. The predicted molar refractivity (Wildman–Crippen MR) is 112 cm³/mol. The van der Waals surface area contributed by atoms with Crippen LogP contribution in [0.1, 0.15) is 27.8 Å². The molecule has 3 aromatic carbocycles. The minimum atomic E-state index is 0.579. The van der Waals surface area contributed by atoms with Crippen LogP contribution in [0.4, 0.5) is 0 Å². The van der Waals surface area contributed by atoms with Gasteiger partial charge in [0.15, 0.2) is 0 Å². The normalized spacial score (nSPS) is 11.3. The Balaban J connectivity index is 1.63. The van der Waals surface area contributed by atoms with Crippen molar-refractivity contribution in [2.45, 2.75) is 6.54 Å². The van der Waals surface area contributed by atoms with E-state index in [2.05, 4.69) is 72.8 Å². The van der Waals surface area contributed by atoms with Crippen molar-refractivity contribution in [3.05, 3.63) is 101 Å². The van der Waals surface area contributed by atoms with E-state index in [-0.39, 0.29) is 0 Å². The van der Waals surface area contributed by atoms with Gasteiger partial charge in [-0.05, 0) is 39.9 Å². The lowest BCUT2D eigenvalue weighted by Crippen LogP contribution is -1.94. The van der Waals surface area contributed by atoms with Crippen LogP contribution >= 0.6 is 0 Å². The smallest absolute Gasteiger partial charge is 0.118 e. The summed E-state index contributed by atoms with van der Waals surface area (Å²) in [6.07, 6.45) is 8.45. The molecule has 0 amide bonds. The second-order valence-electron chi connectivity index (χ2n) is 6.05. The largest absolute Gasteiger partial charge is 0.497 e. The molecule has 26 heavy (non-hydrogen) atoms. The Morgan fingerprint density at radius 1 is 0.615 bits per heavy atom. The Morgan fingerprint density at radius 3 is 1.31 bits per heavy atom. The first-order chi connectivity index (χ1) is 12.8. The maximum Gasteiger partial charge on any atom is 0.118 e. The van der Waals surface area contributed by atoms with Gasteiger partial charge in [0.2, 0.25) is 0 Å². The maximum atomic E-state index is 5.62. The number of hydrogen-bond donors (Lipinski definition) is 1. The van der Waals surface area contributed by atoms with E-state index < -0.39 is 0 Å². The summed E-state index contributed by atoms with van der Waals surface area (Å²) in [7, 11) is 1.68. The fraction of sp³-hybridized carbons (Fsp3) is 0.0833. The number of hydrogen-bond acceptors (Lipinski definition) is 2. The Kier molecular flexibility index (Phi) is 6.02. The van der Waals surface area contributed by atoms with Crippen molar-refractivity contribution in [1.29, 1.82) is 0 Å². The molecule has 0 unspecified atom stereocenters. The van der Waals surface area contributed by atoms with Crippen molar-refractivity contribution in [2.24, 2.45) is 5.73 Å². The van der Waals surface area contributed by atoms with Crippen LogP contribution in [-0.2, 0) is 6.54 Å². The summed E-state index contributed by atoms with van der Waals surface area (Å²) in [5.41, 5.74) is 11.4. The van der Waals surface area contributed by atoms with Gasteiger partial charge in [0.25, 0.3) is 0 Å². The minimum absolute atomic E-state index is 0.579. The molecule has 0 spiro atoms. The molecule has 0 atom stereocenters. The van der Waals surface area contributed by atoms with Crippen LogP contribution in [0.2, 0.25) is 0 Å². The van der Waals surface area contributed by atoms with Crippen molar-refractivity contribution in [2.75, 3.05) is 7.11 Å². The summed E-state index contributed by atoms with van der Waals surface area (Å²) >= 11 is 0. The van der Waals surface area contributed by atoms with Gasteiger partial charge in [0.1, 0.15) is 5.75 Å². The van der Waals surface area contributed by atoms with Gasteiger partial charge < -0.3 is 10.5 Å². The molecule has 0 saturated carbocycles. The summed E-state index contributed by atoms with van der Waals surface area (Å²) in [5, 5.41) is 0. The molecule has 0 saturated heterocycles. The van der Waals surface area contributed by atoms with Gasteiger partial charge in [0, 0.05) is 6.54 Å². The summed E-state index contributed by atoms with van der Waals surface area (Å²) in [4.78, 5) is 0. The summed E-state index contributed by atoms with van der Waals surface area (Å²) in [5.74, 6) is 0.871. The van der Waals surface area contributed by atoms with E-state index in [0.29, 0.717) is 6.54 Å². The van der Waals surface area contributed by atoms with E-state index in [0.717, 1.165) is 16.9 Å². The number of methoxy groups -OCH3 is 1. The number of rotatable bonds is 6. The molecular formula is C24H23NO. The van der Waals surface area contributed by atoms with E-state index in [4.69, 9.17) is 10.5 Å². The van der Waals surface area contributed by atoms with Crippen molar-refractivity contribution in [3.63, 3.8) is 0 Å². The van der Waals surface area contributed by atoms with Crippen molar-refractivity contribution >= 4 is 24.3 Å². The van der Waals surface area contributed by atoms with Gasteiger partial charge >= 0.3 is 0 Å². The van der Waals surface area contributed by atoms with Crippen LogP contribution in [0.15, 0.2) is 72.8 Å². The van der Waals surface area contributed by atoms with Gasteiger partial charge in [-0.1, -0.05) is 85.0 Å². The highest BCUT2D eigenvalue weighted by Gasteiger charge is 1.93. The third-order valence-electron chi connectivity index (χ3n) is 4.20. The zero-order valence-corrected chi connectivity index (χ0v) is 14.9. The molecule has 0 aromatic heterocycles. The lowest BCUT2D eigenvalue weighted by molar-refractivity contribution is 0.415. The van der Waals surface area contributed by atoms with E-state index in [9.17, 15) is 0 Å². The van der Waals surface area contributed by atoms with Gasteiger partial charge in [-0.3, -0.25) is 0 Å². The van der Waals surface area contributed by atoms with E-state index in [1.807, 2.05) is 24.3 Å². The number of benzene rings is 3. The van der Waals surface area contributed by atoms with Crippen LogP contribution in [0, 0.1) is 0 Å². The molecule has 0 radical (unpaired) electrons. The highest BCUT2D eigenvalue weighted by molar-refractivity contribution is 5.73.